The standard InChI is InChI=1S/C14H19N5O/c1-10-5-4-6-15-13(10)8-16-14(20)18-11(2)12-7-17-19(3)9-12/h4-7,9,11H,8H2,1-3H3,(H2,16,18,20)/t11-/m0/s1. The zero-order chi connectivity index (χ0) is 14.5. The van der Waals surface area contributed by atoms with Gasteiger partial charge in [0.15, 0.2) is 0 Å². The number of pyridine rings is 1. The molecule has 2 rings (SSSR count). The number of hydrogen-bond donors (Lipinski definition) is 2. The average molecular weight is 273 g/mol. The highest BCUT2D eigenvalue weighted by Gasteiger charge is 2.11. The molecule has 2 amide bonds. The molecule has 0 saturated heterocycles. The zero-order valence-corrected chi connectivity index (χ0v) is 11.9. The Kier molecular flexibility index (Phi) is 4.34. The van der Waals surface area contributed by atoms with Gasteiger partial charge in [0.25, 0.3) is 0 Å². The van der Waals surface area contributed by atoms with Crippen molar-refractivity contribution in [3.8, 4) is 0 Å². The summed E-state index contributed by atoms with van der Waals surface area (Å²) in [5, 5.41) is 9.76. The molecule has 0 fully saturated rings. The molecule has 0 aliphatic carbocycles. The van der Waals surface area contributed by atoms with E-state index in [2.05, 4.69) is 20.7 Å². The number of rotatable bonds is 4. The highest BCUT2D eigenvalue weighted by atomic mass is 16.2. The third-order valence-corrected chi connectivity index (χ3v) is 3.11. The summed E-state index contributed by atoms with van der Waals surface area (Å²) in [6, 6.07) is 3.55. The van der Waals surface area contributed by atoms with Crippen molar-refractivity contribution in [2.45, 2.75) is 26.4 Å². The van der Waals surface area contributed by atoms with Gasteiger partial charge in [-0.15, -0.1) is 0 Å². The van der Waals surface area contributed by atoms with Gasteiger partial charge in [-0.1, -0.05) is 6.07 Å². The quantitative estimate of drug-likeness (QED) is 0.890. The summed E-state index contributed by atoms with van der Waals surface area (Å²) in [6.45, 7) is 4.31. The van der Waals surface area contributed by atoms with E-state index in [1.807, 2.05) is 39.2 Å². The van der Waals surface area contributed by atoms with Crippen molar-refractivity contribution in [3.63, 3.8) is 0 Å². The van der Waals surface area contributed by atoms with E-state index in [9.17, 15) is 4.79 Å². The summed E-state index contributed by atoms with van der Waals surface area (Å²) in [7, 11) is 1.85. The summed E-state index contributed by atoms with van der Waals surface area (Å²) < 4.78 is 1.71. The second-order valence-electron chi connectivity index (χ2n) is 4.76. The van der Waals surface area contributed by atoms with Crippen LogP contribution in [-0.4, -0.2) is 20.8 Å². The molecule has 2 N–H and O–H groups in total. The fourth-order valence-corrected chi connectivity index (χ4v) is 1.86. The van der Waals surface area contributed by atoms with Crippen LogP contribution in [0.1, 0.15) is 29.8 Å². The normalized spacial score (nSPS) is 11.9. The second-order valence-corrected chi connectivity index (χ2v) is 4.76. The van der Waals surface area contributed by atoms with E-state index in [0.717, 1.165) is 16.8 Å². The molecule has 6 nitrogen and oxygen atoms in total. The van der Waals surface area contributed by atoms with Gasteiger partial charge in [-0.25, -0.2) is 4.79 Å². The summed E-state index contributed by atoms with van der Waals surface area (Å²) in [5.74, 6) is 0. The Morgan fingerprint density at radius 3 is 2.95 bits per heavy atom. The zero-order valence-electron chi connectivity index (χ0n) is 11.9. The predicted molar refractivity (Wildman–Crippen MR) is 76.0 cm³/mol. The Bertz CT molecular complexity index is 593. The van der Waals surface area contributed by atoms with Crippen LogP contribution in [0.25, 0.3) is 0 Å². The Morgan fingerprint density at radius 1 is 1.50 bits per heavy atom. The maximum atomic E-state index is 11.8. The van der Waals surface area contributed by atoms with Crippen LogP contribution >= 0.6 is 0 Å². The number of nitrogens with zero attached hydrogens (tertiary/aromatic N) is 3. The van der Waals surface area contributed by atoms with Gasteiger partial charge in [0.05, 0.1) is 24.5 Å². The minimum atomic E-state index is -0.216. The number of amides is 2. The lowest BCUT2D eigenvalue weighted by atomic mass is 10.2. The number of hydrogen-bond acceptors (Lipinski definition) is 3. The van der Waals surface area contributed by atoms with E-state index in [0.29, 0.717) is 6.54 Å². The molecule has 0 aliphatic rings. The molecule has 0 aromatic carbocycles. The lowest BCUT2D eigenvalue weighted by Crippen LogP contribution is -2.36. The molecule has 2 heterocycles. The molecule has 106 valence electrons. The van der Waals surface area contributed by atoms with E-state index in [1.54, 1.807) is 17.1 Å². The number of carbonyl (C=O) groups excluding carboxylic acids is 1. The van der Waals surface area contributed by atoms with Gasteiger partial charge < -0.3 is 10.6 Å². The molecular formula is C14H19N5O. The second kappa shape index (κ2) is 6.18. The van der Waals surface area contributed by atoms with Crippen LogP contribution < -0.4 is 10.6 Å². The smallest absolute Gasteiger partial charge is 0.315 e. The first-order chi connectivity index (χ1) is 9.56. The molecule has 2 aromatic rings. The van der Waals surface area contributed by atoms with E-state index < -0.39 is 0 Å². The first-order valence-corrected chi connectivity index (χ1v) is 6.49. The van der Waals surface area contributed by atoms with Crippen LogP contribution in [-0.2, 0) is 13.6 Å². The first-order valence-electron chi connectivity index (χ1n) is 6.49. The minimum absolute atomic E-state index is 0.0893. The molecule has 0 unspecified atom stereocenters. The van der Waals surface area contributed by atoms with Crippen LogP contribution in [0.15, 0.2) is 30.7 Å². The SMILES string of the molecule is Cc1cccnc1CNC(=O)N[C@@H](C)c1cnn(C)c1. The summed E-state index contributed by atoms with van der Waals surface area (Å²) in [5.41, 5.74) is 2.90. The number of aryl methyl sites for hydroxylation is 2. The molecule has 0 spiro atoms. The Morgan fingerprint density at radius 2 is 2.30 bits per heavy atom. The largest absolute Gasteiger partial charge is 0.332 e. The van der Waals surface area contributed by atoms with Crippen LogP contribution in [0.5, 0.6) is 0 Å². The van der Waals surface area contributed by atoms with Crippen molar-refractivity contribution >= 4 is 6.03 Å². The Hall–Kier alpha value is -2.37. The van der Waals surface area contributed by atoms with Gasteiger partial charge >= 0.3 is 6.03 Å². The molecule has 2 aromatic heterocycles. The van der Waals surface area contributed by atoms with Crippen LogP contribution in [0.2, 0.25) is 0 Å². The Labute approximate surface area is 118 Å². The number of aromatic nitrogens is 3. The maximum absolute atomic E-state index is 11.8. The fraction of sp³-hybridized carbons (Fsp3) is 0.357. The lowest BCUT2D eigenvalue weighted by molar-refractivity contribution is 0.237. The lowest BCUT2D eigenvalue weighted by Gasteiger charge is -2.13. The molecule has 0 saturated carbocycles. The maximum Gasteiger partial charge on any atom is 0.315 e. The van der Waals surface area contributed by atoms with Crippen LogP contribution in [0, 0.1) is 6.92 Å². The highest BCUT2D eigenvalue weighted by Crippen LogP contribution is 2.09. The van der Waals surface area contributed by atoms with Crippen LogP contribution in [0.4, 0.5) is 4.79 Å². The van der Waals surface area contributed by atoms with Crippen molar-refractivity contribution in [1.82, 2.24) is 25.4 Å². The molecule has 0 aliphatic heterocycles. The van der Waals surface area contributed by atoms with Crippen molar-refractivity contribution in [2.75, 3.05) is 0 Å². The summed E-state index contributed by atoms with van der Waals surface area (Å²) in [4.78, 5) is 16.1. The van der Waals surface area contributed by atoms with E-state index >= 15 is 0 Å². The topological polar surface area (TPSA) is 71.8 Å². The minimum Gasteiger partial charge on any atom is -0.332 e. The Balaban J connectivity index is 1.85. The molecule has 20 heavy (non-hydrogen) atoms. The third-order valence-electron chi connectivity index (χ3n) is 3.11. The van der Waals surface area contributed by atoms with E-state index in [1.165, 1.54) is 0 Å². The van der Waals surface area contributed by atoms with E-state index in [4.69, 9.17) is 0 Å². The summed E-state index contributed by atoms with van der Waals surface area (Å²) >= 11 is 0. The molecule has 0 radical (unpaired) electrons. The van der Waals surface area contributed by atoms with Crippen molar-refractivity contribution in [1.29, 1.82) is 0 Å². The van der Waals surface area contributed by atoms with Gasteiger partial charge in [-0.2, -0.15) is 5.10 Å². The van der Waals surface area contributed by atoms with Gasteiger partial charge in [-0.3, -0.25) is 9.67 Å². The average Bonchev–Trinajstić information content (AvgIpc) is 2.84. The number of carbonyl (C=O) groups is 1. The third kappa shape index (κ3) is 3.57. The predicted octanol–water partition coefficient (Wildman–Crippen LogP) is 1.68. The molecule has 0 bridgehead atoms. The molecular weight excluding hydrogens is 254 g/mol. The highest BCUT2D eigenvalue weighted by molar-refractivity contribution is 5.74. The molecule has 6 heteroatoms. The van der Waals surface area contributed by atoms with Crippen molar-refractivity contribution in [3.05, 3.63) is 47.5 Å². The van der Waals surface area contributed by atoms with Gasteiger partial charge in [0.2, 0.25) is 0 Å². The molecule has 1 atom stereocenters. The van der Waals surface area contributed by atoms with Gasteiger partial charge in [-0.05, 0) is 25.5 Å². The van der Waals surface area contributed by atoms with Crippen LogP contribution in [0.3, 0.4) is 0 Å². The van der Waals surface area contributed by atoms with E-state index in [-0.39, 0.29) is 12.1 Å². The number of urea groups is 1. The van der Waals surface area contributed by atoms with Gasteiger partial charge in [0.1, 0.15) is 0 Å². The van der Waals surface area contributed by atoms with Crippen molar-refractivity contribution in [2.24, 2.45) is 7.05 Å². The monoisotopic (exact) mass is 273 g/mol. The summed E-state index contributed by atoms with van der Waals surface area (Å²) in [6.07, 6.45) is 5.35. The van der Waals surface area contributed by atoms with Gasteiger partial charge in [0, 0.05) is 25.0 Å². The van der Waals surface area contributed by atoms with Crippen molar-refractivity contribution < 1.29 is 4.79 Å². The number of nitrogens with one attached hydrogen (secondary N) is 2. The first kappa shape index (κ1) is 14.0. The fourth-order valence-electron chi connectivity index (χ4n) is 1.86.